The van der Waals surface area contributed by atoms with E-state index in [0.717, 1.165) is 37.7 Å². The van der Waals surface area contributed by atoms with Gasteiger partial charge < -0.3 is 34.6 Å². The van der Waals surface area contributed by atoms with Crippen LogP contribution in [0.4, 0.5) is 9.59 Å². The molecule has 15 nitrogen and oxygen atoms in total. The summed E-state index contributed by atoms with van der Waals surface area (Å²) < 4.78 is 44.8. The zero-order valence-corrected chi connectivity index (χ0v) is 31.9. The van der Waals surface area contributed by atoms with E-state index in [4.69, 9.17) is 14.2 Å². The normalized spacial score (nSPS) is 31.7. The number of hydrogen-bond acceptors (Lipinski definition) is 10. The van der Waals surface area contributed by atoms with Crippen molar-refractivity contribution >= 4 is 39.9 Å². The van der Waals surface area contributed by atoms with Gasteiger partial charge in [0.1, 0.15) is 29.8 Å². The van der Waals surface area contributed by atoms with Crippen LogP contribution in [0.3, 0.4) is 0 Å². The van der Waals surface area contributed by atoms with E-state index in [1.54, 1.807) is 4.90 Å². The molecule has 3 aliphatic carbocycles. The first-order valence-corrected chi connectivity index (χ1v) is 21.5. The van der Waals surface area contributed by atoms with Gasteiger partial charge in [-0.15, -0.1) is 0 Å². The van der Waals surface area contributed by atoms with Gasteiger partial charge in [0.25, 0.3) is 5.91 Å². The second-order valence-corrected chi connectivity index (χ2v) is 18.5. The Hall–Kier alpha value is -4.18. The van der Waals surface area contributed by atoms with Crippen LogP contribution in [0.25, 0.3) is 0 Å². The molecule has 1 aromatic carbocycles. The fraction of sp³-hybridized carbons (Fsp3) is 0.667. The number of nitrogens with zero attached hydrogens (tertiary/aromatic N) is 2. The Bertz CT molecular complexity index is 1840. The summed E-state index contributed by atoms with van der Waals surface area (Å²) >= 11 is 0. The Balaban J connectivity index is 1.04. The number of sulfonamides is 1. The van der Waals surface area contributed by atoms with E-state index in [1.807, 2.05) is 30.4 Å². The topological polar surface area (TPSA) is 190 Å². The molecule has 1 spiro atoms. The Labute approximate surface area is 321 Å². The van der Waals surface area contributed by atoms with Crippen LogP contribution in [0.5, 0.6) is 0 Å². The van der Waals surface area contributed by atoms with Crippen LogP contribution in [-0.4, -0.2) is 110 Å². The molecule has 3 N–H and O–H groups in total. The monoisotopic (exact) mass is 781 g/mol. The third-order valence-electron chi connectivity index (χ3n) is 12.6. The first-order valence-electron chi connectivity index (χ1n) is 19.9. The average Bonchev–Trinajstić information content (AvgIpc) is 4.02. The molecule has 298 valence electrons. The van der Waals surface area contributed by atoms with Crippen molar-refractivity contribution in [3.8, 4) is 0 Å². The number of nitrogens with one attached hydrogen (secondary N) is 3. The van der Waals surface area contributed by atoms with Gasteiger partial charge in [0.05, 0.1) is 25.0 Å². The molecule has 5 amide bonds. The predicted octanol–water partition coefficient (Wildman–Crippen LogP) is 2.92. The largest absolute Gasteiger partial charge is 0.444 e. The highest BCUT2D eigenvalue weighted by Gasteiger charge is 2.62. The number of benzene rings is 1. The minimum Gasteiger partial charge on any atom is -0.444 e. The zero-order valence-electron chi connectivity index (χ0n) is 31.0. The summed E-state index contributed by atoms with van der Waals surface area (Å²) in [5.41, 5.74) is 0.700. The maximum atomic E-state index is 14.5. The molecule has 5 fully saturated rings. The molecule has 0 bridgehead atoms. The minimum absolute atomic E-state index is 0.0476. The average molecular weight is 782 g/mol. The number of rotatable bonds is 6. The number of fused-ring (bicyclic) bond motifs is 4. The number of alkyl carbamates (subject to hydrolysis) is 1. The lowest BCUT2D eigenvalue weighted by molar-refractivity contribution is -0.141. The van der Waals surface area contributed by atoms with Gasteiger partial charge in [-0.2, -0.15) is 0 Å². The number of hydrogen-bond donors (Lipinski definition) is 3. The molecule has 8 rings (SSSR count). The molecule has 1 aromatic rings. The van der Waals surface area contributed by atoms with Gasteiger partial charge in [0, 0.05) is 37.3 Å². The smallest absolute Gasteiger partial charge is 0.410 e. The third-order valence-corrected chi connectivity index (χ3v) is 14.4. The van der Waals surface area contributed by atoms with E-state index in [1.165, 1.54) is 10.5 Å². The van der Waals surface area contributed by atoms with Crippen molar-refractivity contribution in [3.05, 3.63) is 47.5 Å². The molecule has 0 radical (unpaired) electrons. The van der Waals surface area contributed by atoms with E-state index < -0.39 is 80.9 Å². The van der Waals surface area contributed by atoms with Gasteiger partial charge in [-0.05, 0) is 62.5 Å². The van der Waals surface area contributed by atoms with Gasteiger partial charge in [-0.3, -0.25) is 19.1 Å². The van der Waals surface area contributed by atoms with Crippen LogP contribution in [-0.2, 0) is 50.6 Å². The first kappa shape index (κ1) is 37.7. The lowest BCUT2D eigenvalue weighted by Crippen LogP contribution is -2.58. The number of allylic oxidation sites excluding steroid dienone is 1. The molecule has 4 heterocycles. The SMILES string of the molecule is O=C(N[C@H]1CCCCCC=C[C@@H]2C[C@@]2(C(=O)NS(=O)(=O)C2CC2)NC(=O)[C@@H]2C[C@@H](OC(=O)N3Cc4ccccc4C4(CCC4)C3)CN2C1=O)O[C@@H]1CCOC1. The zero-order chi connectivity index (χ0) is 38.4. The first-order chi connectivity index (χ1) is 26.5. The van der Waals surface area contributed by atoms with Crippen molar-refractivity contribution in [1.82, 2.24) is 25.2 Å². The fourth-order valence-electron chi connectivity index (χ4n) is 9.05. The molecule has 6 atom stereocenters. The third kappa shape index (κ3) is 7.80. The second kappa shape index (κ2) is 15.1. The quantitative estimate of drug-likeness (QED) is 0.362. The Morgan fingerprint density at radius 1 is 0.964 bits per heavy atom. The van der Waals surface area contributed by atoms with E-state index in [0.29, 0.717) is 51.8 Å². The molecule has 55 heavy (non-hydrogen) atoms. The Morgan fingerprint density at radius 3 is 2.53 bits per heavy atom. The van der Waals surface area contributed by atoms with Gasteiger partial charge in [-0.25, -0.2) is 18.0 Å². The van der Waals surface area contributed by atoms with Crippen molar-refractivity contribution in [2.75, 3.05) is 26.3 Å². The summed E-state index contributed by atoms with van der Waals surface area (Å²) in [4.78, 5) is 72.5. The molecule has 0 unspecified atom stereocenters. The van der Waals surface area contributed by atoms with Crippen LogP contribution in [0.2, 0.25) is 0 Å². The van der Waals surface area contributed by atoms with E-state index in [-0.39, 0.29) is 37.8 Å². The summed E-state index contributed by atoms with van der Waals surface area (Å²) in [6.45, 7) is 1.52. The number of ether oxygens (including phenoxy) is 3. The molecule has 16 heteroatoms. The van der Waals surface area contributed by atoms with E-state index >= 15 is 0 Å². The highest BCUT2D eigenvalue weighted by atomic mass is 32.2. The molecular formula is C39H51N5O10S. The highest BCUT2D eigenvalue weighted by molar-refractivity contribution is 7.91. The maximum absolute atomic E-state index is 14.5. The van der Waals surface area contributed by atoms with Crippen LogP contribution in [0.1, 0.15) is 94.6 Å². The minimum atomic E-state index is -3.90. The molecule has 4 aliphatic heterocycles. The van der Waals surface area contributed by atoms with Gasteiger partial charge in [0.2, 0.25) is 21.8 Å². The summed E-state index contributed by atoms with van der Waals surface area (Å²) in [5.74, 6) is -2.45. The van der Waals surface area contributed by atoms with Crippen molar-refractivity contribution in [1.29, 1.82) is 0 Å². The predicted molar refractivity (Wildman–Crippen MR) is 197 cm³/mol. The fourth-order valence-corrected chi connectivity index (χ4v) is 10.4. The standard InChI is InChI=1S/C39H51N5O10S/c45-33-32-19-28(54-37(49)43-21-25-9-6-7-11-30(25)38(24-43)16-8-17-38)22-44(32)34(46)31(40-36(48)53-27-15-18-52-23-27)12-5-3-1-2-4-10-26-20-39(26,41-33)35(47)42-55(50,51)29-13-14-29/h4,6-7,9-11,26-29,31-32H,1-3,5,8,12-24H2,(H,40,48)(H,41,45)(H,42,47)/t26-,27-,28-,31+,32+,39-/m1/s1. The summed E-state index contributed by atoms with van der Waals surface area (Å²) in [7, 11) is -3.90. The van der Waals surface area contributed by atoms with Crippen molar-refractivity contribution < 1.29 is 46.6 Å². The summed E-state index contributed by atoms with van der Waals surface area (Å²) in [6, 6.07) is 5.95. The number of carbonyl (C=O) groups excluding carboxylic acids is 5. The molecule has 0 aromatic heterocycles. The van der Waals surface area contributed by atoms with Gasteiger partial charge >= 0.3 is 12.2 Å². The summed E-state index contributed by atoms with van der Waals surface area (Å²) in [5, 5.41) is 4.95. The van der Waals surface area contributed by atoms with Crippen molar-refractivity contribution in [3.63, 3.8) is 0 Å². The number of carbonyl (C=O) groups is 5. The van der Waals surface area contributed by atoms with Crippen molar-refractivity contribution in [2.45, 2.75) is 131 Å². The number of amides is 5. The summed E-state index contributed by atoms with van der Waals surface area (Å²) in [6.07, 6.45) is 8.94. The molecule has 3 saturated carbocycles. The maximum Gasteiger partial charge on any atom is 0.410 e. The Morgan fingerprint density at radius 2 is 1.78 bits per heavy atom. The van der Waals surface area contributed by atoms with Gasteiger partial charge in [-0.1, -0.05) is 55.7 Å². The Kier molecular flexibility index (Phi) is 10.3. The molecular weight excluding hydrogens is 731 g/mol. The van der Waals surface area contributed by atoms with Crippen LogP contribution < -0.4 is 15.4 Å². The van der Waals surface area contributed by atoms with Crippen LogP contribution in [0.15, 0.2) is 36.4 Å². The lowest BCUT2D eigenvalue weighted by Gasteiger charge is -2.49. The van der Waals surface area contributed by atoms with E-state index in [2.05, 4.69) is 21.4 Å². The molecule has 7 aliphatic rings. The highest BCUT2D eigenvalue weighted by Crippen LogP contribution is 2.49. The second-order valence-electron chi connectivity index (χ2n) is 16.5. The molecule has 2 saturated heterocycles. The van der Waals surface area contributed by atoms with E-state index in [9.17, 15) is 32.4 Å². The van der Waals surface area contributed by atoms with Crippen LogP contribution >= 0.6 is 0 Å². The van der Waals surface area contributed by atoms with Gasteiger partial charge in [0.15, 0.2) is 0 Å². The van der Waals surface area contributed by atoms with Crippen LogP contribution in [0, 0.1) is 5.92 Å². The van der Waals surface area contributed by atoms with Crippen molar-refractivity contribution in [2.24, 2.45) is 5.92 Å². The lowest BCUT2D eigenvalue weighted by atomic mass is 9.61.